The van der Waals surface area contributed by atoms with Crippen LogP contribution in [0.15, 0.2) is 77.7 Å². The molecule has 0 aliphatic rings. The summed E-state index contributed by atoms with van der Waals surface area (Å²) in [6.07, 6.45) is 0. The van der Waals surface area contributed by atoms with Gasteiger partial charge in [-0.25, -0.2) is 8.42 Å². The molecule has 3 aromatic rings. The van der Waals surface area contributed by atoms with Gasteiger partial charge in [-0.05, 0) is 67.8 Å². The van der Waals surface area contributed by atoms with Crippen LogP contribution in [0.2, 0.25) is 0 Å². The number of nitrogens with zero attached hydrogens (tertiary/aromatic N) is 2. The van der Waals surface area contributed by atoms with E-state index in [1.54, 1.807) is 24.3 Å². The molecular formula is C26H32N2O2S. The standard InChI is InChI=1S/C26H32N2O2S/c1-6-28(7-2)25-18-15-22(19-20(25)3)26(21-13-16-23(17-14-21)27(4)5)31(29,30)24-11-9-8-10-12-24/h8-19,26H,6-7H2,1-5H3. The van der Waals surface area contributed by atoms with Gasteiger partial charge in [0.25, 0.3) is 0 Å². The van der Waals surface area contributed by atoms with Crippen LogP contribution >= 0.6 is 0 Å². The molecule has 5 heteroatoms. The Bertz CT molecular complexity index is 1100. The lowest BCUT2D eigenvalue weighted by molar-refractivity contribution is 0.589. The Hall–Kier alpha value is -2.79. The van der Waals surface area contributed by atoms with E-state index in [-0.39, 0.29) is 0 Å². The Morgan fingerprint density at radius 1 is 0.806 bits per heavy atom. The Balaban J connectivity index is 2.16. The number of benzene rings is 3. The van der Waals surface area contributed by atoms with Crippen molar-refractivity contribution in [2.75, 3.05) is 37.0 Å². The summed E-state index contributed by atoms with van der Waals surface area (Å²) < 4.78 is 27.5. The van der Waals surface area contributed by atoms with Crippen molar-refractivity contribution in [1.29, 1.82) is 0 Å². The van der Waals surface area contributed by atoms with E-state index >= 15 is 0 Å². The van der Waals surface area contributed by atoms with Crippen molar-refractivity contribution in [2.24, 2.45) is 0 Å². The molecular weight excluding hydrogens is 404 g/mol. The third-order valence-electron chi connectivity index (χ3n) is 5.72. The molecule has 1 atom stereocenters. The molecule has 0 fully saturated rings. The summed E-state index contributed by atoms with van der Waals surface area (Å²) in [7, 11) is 0.321. The lowest BCUT2D eigenvalue weighted by Gasteiger charge is -2.25. The lowest BCUT2D eigenvalue weighted by atomic mass is 10.0. The van der Waals surface area contributed by atoms with Crippen LogP contribution in [0.1, 0.15) is 35.8 Å². The summed E-state index contributed by atoms with van der Waals surface area (Å²) in [5.41, 5.74) is 4.82. The third kappa shape index (κ3) is 4.77. The van der Waals surface area contributed by atoms with Gasteiger partial charge in [0.1, 0.15) is 5.25 Å². The van der Waals surface area contributed by atoms with E-state index in [0.717, 1.165) is 41.2 Å². The summed E-state index contributed by atoms with van der Waals surface area (Å²) in [6.45, 7) is 8.14. The minimum absolute atomic E-state index is 0.335. The average molecular weight is 437 g/mol. The first-order valence-corrected chi connectivity index (χ1v) is 12.3. The van der Waals surface area contributed by atoms with Gasteiger partial charge in [0, 0.05) is 38.6 Å². The second kappa shape index (κ2) is 9.56. The first kappa shape index (κ1) is 22.9. The molecule has 31 heavy (non-hydrogen) atoms. The van der Waals surface area contributed by atoms with Crippen molar-refractivity contribution in [3.8, 4) is 0 Å². The number of sulfone groups is 1. The molecule has 0 heterocycles. The lowest BCUT2D eigenvalue weighted by Crippen LogP contribution is -2.23. The maximum atomic E-state index is 13.8. The number of anilines is 2. The molecule has 0 radical (unpaired) electrons. The van der Waals surface area contributed by atoms with Crippen LogP contribution in [0, 0.1) is 6.92 Å². The minimum atomic E-state index is -3.63. The molecule has 0 N–H and O–H groups in total. The van der Waals surface area contributed by atoms with Crippen LogP contribution in [0.5, 0.6) is 0 Å². The van der Waals surface area contributed by atoms with Crippen LogP contribution in [-0.4, -0.2) is 35.6 Å². The van der Waals surface area contributed by atoms with Crippen LogP contribution < -0.4 is 9.80 Å². The van der Waals surface area contributed by atoms with Crippen molar-refractivity contribution < 1.29 is 8.42 Å². The maximum Gasteiger partial charge on any atom is 0.189 e. The molecule has 0 aliphatic heterocycles. The van der Waals surface area contributed by atoms with Crippen molar-refractivity contribution in [1.82, 2.24) is 0 Å². The zero-order valence-corrected chi connectivity index (χ0v) is 19.9. The van der Waals surface area contributed by atoms with Gasteiger partial charge in [0.05, 0.1) is 4.90 Å². The fourth-order valence-corrected chi connectivity index (χ4v) is 5.83. The summed E-state index contributed by atoms with van der Waals surface area (Å²) in [4.78, 5) is 4.63. The van der Waals surface area contributed by atoms with Gasteiger partial charge >= 0.3 is 0 Å². The first-order chi connectivity index (χ1) is 14.8. The Morgan fingerprint density at radius 3 is 1.90 bits per heavy atom. The van der Waals surface area contributed by atoms with Gasteiger partial charge in [0.2, 0.25) is 0 Å². The van der Waals surface area contributed by atoms with E-state index in [9.17, 15) is 8.42 Å². The highest BCUT2D eigenvalue weighted by Crippen LogP contribution is 2.37. The molecule has 0 saturated carbocycles. The summed E-state index contributed by atoms with van der Waals surface area (Å²) in [5, 5.41) is -0.768. The van der Waals surface area contributed by atoms with Crippen LogP contribution in [0.4, 0.5) is 11.4 Å². The van der Waals surface area contributed by atoms with Gasteiger partial charge in [-0.2, -0.15) is 0 Å². The normalized spacial score (nSPS) is 12.4. The second-order valence-corrected chi connectivity index (χ2v) is 9.98. The van der Waals surface area contributed by atoms with Crippen molar-refractivity contribution in [2.45, 2.75) is 30.9 Å². The molecule has 0 bridgehead atoms. The van der Waals surface area contributed by atoms with E-state index in [0.29, 0.717) is 4.90 Å². The predicted molar refractivity (Wildman–Crippen MR) is 131 cm³/mol. The summed E-state index contributed by atoms with van der Waals surface area (Å²) in [5.74, 6) is 0. The molecule has 0 amide bonds. The highest BCUT2D eigenvalue weighted by molar-refractivity contribution is 7.91. The van der Waals surface area contributed by atoms with Crippen molar-refractivity contribution >= 4 is 21.2 Å². The van der Waals surface area contributed by atoms with Gasteiger partial charge in [-0.3, -0.25) is 0 Å². The van der Waals surface area contributed by atoms with E-state index in [2.05, 4.69) is 31.7 Å². The summed E-state index contributed by atoms with van der Waals surface area (Å²) >= 11 is 0. The zero-order valence-electron chi connectivity index (χ0n) is 19.0. The van der Waals surface area contributed by atoms with Crippen LogP contribution in [-0.2, 0) is 9.84 Å². The van der Waals surface area contributed by atoms with E-state index < -0.39 is 15.1 Å². The predicted octanol–water partition coefficient (Wildman–Crippen LogP) is 5.47. The van der Waals surface area contributed by atoms with E-state index in [1.807, 2.05) is 61.5 Å². The van der Waals surface area contributed by atoms with Crippen molar-refractivity contribution in [3.63, 3.8) is 0 Å². The highest BCUT2D eigenvalue weighted by atomic mass is 32.2. The van der Waals surface area contributed by atoms with Crippen LogP contribution in [0.25, 0.3) is 0 Å². The quantitative estimate of drug-likeness (QED) is 0.469. The Kier molecular flexibility index (Phi) is 7.06. The largest absolute Gasteiger partial charge is 0.378 e. The zero-order chi connectivity index (χ0) is 22.6. The smallest absolute Gasteiger partial charge is 0.189 e. The SMILES string of the molecule is CCN(CC)c1ccc(C(c2ccc(N(C)C)cc2)S(=O)(=O)c2ccccc2)cc1C. The first-order valence-electron chi connectivity index (χ1n) is 10.7. The monoisotopic (exact) mass is 436 g/mol. The Morgan fingerprint density at radius 2 is 1.39 bits per heavy atom. The average Bonchev–Trinajstić information content (AvgIpc) is 2.77. The van der Waals surface area contributed by atoms with Crippen LogP contribution in [0.3, 0.4) is 0 Å². The van der Waals surface area contributed by atoms with Gasteiger partial charge in [-0.1, -0.05) is 42.5 Å². The highest BCUT2D eigenvalue weighted by Gasteiger charge is 2.31. The number of hydrogen-bond acceptors (Lipinski definition) is 4. The fourth-order valence-electron chi connectivity index (χ4n) is 4.01. The molecule has 0 spiro atoms. The Labute approximate surface area is 187 Å². The minimum Gasteiger partial charge on any atom is -0.378 e. The van der Waals surface area contributed by atoms with E-state index in [1.165, 1.54) is 0 Å². The topological polar surface area (TPSA) is 40.6 Å². The second-order valence-electron chi connectivity index (χ2n) is 7.94. The molecule has 3 rings (SSSR count). The van der Waals surface area contributed by atoms with Gasteiger partial charge in [0.15, 0.2) is 9.84 Å². The fraction of sp³-hybridized carbons (Fsp3) is 0.308. The number of rotatable bonds is 8. The number of hydrogen-bond donors (Lipinski definition) is 0. The maximum absolute atomic E-state index is 13.8. The molecule has 4 nitrogen and oxygen atoms in total. The number of aryl methyl sites for hydroxylation is 1. The van der Waals surface area contributed by atoms with Gasteiger partial charge in [-0.15, -0.1) is 0 Å². The molecule has 164 valence electrons. The molecule has 0 saturated heterocycles. The van der Waals surface area contributed by atoms with E-state index in [4.69, 9.17) is 0 Å². The third-order valence-corrected chi connectivity index (χ3v) is 7.82. The summed E-state index contributed by atoms with van der Waals surface area (Å²) in [6, 6.07) is 22.6. The van der Waals surface area contributed by atoms with Gasteiger partial charge < -0.3 is 9.80 Å². The molecule has 3 aromatic carbocycles. The molecule has 0 aliphatic carbocycles. The molecule has 0 aromatic heterocycles. The molecule has 1 unspecified atom stereocenters. The van der Waals surface area contributed by atoms with Crippen molar-refractivity contribution in [3.05, 3.63) is 89.5 Å².